The molecule has 0 bridgehead atoms. The van der Waals surface area contributed by atoms with E-state index in [1.807, 2.05) is 13.8 Å². The number of hydrogen-bond acceptors (Lipinski definition) is 3. The minimum Gasteiger partial charge on any atom is -0.391 e. The van der Waals surface area contributed by atoms with E-state index in [2.05, 4.69) is 10.2 Å². The summed E-state index contributed by atoms with van der Waals surface area (Å²) in [5, 5.41) is 15.2. The zero-order valence-corrected chi connectivity index (χ0v) is 7.19. The van der Waals surface area contributed by atoms with E-state index in [1.54, 1.807) is 0 Å². The van der Waals surface area contributed by atoms with Gasteiger partial charge in [-0.3, -0.25) is 4.57 Å². The summed E-state index contributed by atoms with van der Waals surface area (Å²) in [6, 6.07) is 0. The maximum absolute atomic E-state index is 10.9. The third kappa shape index (κ3) is 1.94. The molecule has 1 atom stereocenters. The molecule has 0 spiro atoms. The number of aliphatic hydroxyl groups excluding tert-OH is 1. The molecule has 0 aliphatic heterocycles. The molecule has 1 unspecified atom stereocenters. The molecule has 5 heteroatoms. The van der Waals surface area contributed by atoms with E-state index >= 15 is 0 Å². The van der Waals surface area contributed by atoms with Crippen LogP contribution >= 0.6 is 0 Å². The van der Waals surface area contributed by atoms with E-state index < -0.39 is 6.10 Å². The first kappa shape index (κ1) is 8.99. The predicted octanol–water partition coefficient (Wildman–Crippen LogP) is -0.412. The summed E-state index contributed by atoms with van der Waals surface area (Å²) >= 11 is 0. The lowest BCUT2D eigenvalue weighted by atomic mass is 10.1. The molecule has 1 aromatic rings. The smallest absolute Gasteiger partial charge is 0.343 e. The second-order valence-electron chi connectivity index (χ2n) is 3.13. The Hall–Kier alpha value is -1.10. The molecular weight excluding hydrogens is 158 g/mol. The topological polar surface area (TPSA) is 70.9 Å². The van der Waals surface area contributed by atoms with Crippen molar-refractivity contribution in [2.75, 3.05) is 0 Å². The largest absolute Gasteiger partial charge is 0.391 e. The Balaban J connectivity index is 2.64. The van der Waals surface area contributed by atoms with Gasteiger partial charge >= 0.3 is 5.69 Å². The number of rotatable bonds is 3. The Morgan fingerprint density at radius 2 is 2.42 bits per heavy atom. The summed E-state index contributed by atoms with van der Waals surface area (Å²) in [6.45, 7) is 4.10. The summed E-state index contributed by atoms with van der Waals surface area (Å²) in [5.41, 5.74) is -0.283. The van der Waals surface area contributed by atoms with E-state index in [9.17, 15) is 9.90 Å². The van der Waals surface area contributed by atoms with Gasteiger partial charge in [-0.1, -0.05) is 13.8 Å². The normalized spacial score (nSPS) is 13.7. The fourth-order valence-corrected chi connectivity index (χ4v) is 0.813. The first-order valence-corrected chi connectivity index (χ1v) is 3.89. The molecule has 0 aliphatic carbocycles. The lowest BCUT2D eigenvalue weighted by molar-refractivity contribution is 0.106. The quantitative estimate of drug-likeness (QED) is 0.649. The predicted molar refractivity (Wildman–Crippen MR) is 43.7 cm³/mol. The molecule has 0 fully saturated rings. The van der Waals surface area contributed by atoms with Crippen LogP contribution in [0.5, 0.6) is 0 Å². The zero-order chi connectivity index (χ0) is 9.14. The van der Waals surface area contributed by atoms with Crippen molar-refractivity contribution < 1.29 is 5.11 Å². The number of H-pyrrole nitrogens is 1. The van der Waals surface area contributed by atoms with E-state index in [0.717, 1.165) is 0 Å². The van der Waals surface area contributed by atoms with Crippen molar-refractivity contribution in [3.8, 4) is 0 Å². The summed E-state index contributed by atoms with van der Waals surface area (Å²) in [7, 11) is 0. The van der Waals surface area contributed by atoms with Crippen LogP contribution in [0.1, 0.15) is 13.8 Å². The maximum atomic E-state index is 10.9. The minimum absolute atomic E-state index is 0.145. The van der Waals surface area contributed by atoms with Gasteiger partial charge in [0.2, 0.25) is 0 Å². The van der Waals surface area contributed by atoms with E-state index in [0.29, 0.717) is 6.54 Å². The van der Waals surface area contributed by atoms with Crippen molar-refractivity contribution >= 4 is 0 Å². The van der Waals surface area contributed by atoms with E-state index in [1.165, 1.54) is 10.9 Å². The molecule has 1 rings (SSSR count). The number of aromatic nitrogens is 3. The van der Waals surface area contributed by atoms with Gasteiger partial charge in [0.25, 0.3) is 0 Å². The average molecular weight is 171 g/mol. The highest BCUT2D eigenvalue weighted by atomic mass is 16.3. The van der Waals surface area contributed by atoms with Gasteiger partial charge in [-0.05, 0) is 5.92 Å². The molecule has 0 saturated heterocycles. The molecule has 0 aliphatic rings. The van der Waals surface area contributed by atoms with Gasteiger partial charge in [-0.2, -0.15) is 5.10 Å². The molecule has 5 nitrogen and oxygen atoms in total. The van der Waals surface area contributed by atoms with Crippen molar-refractivity contribution in [1.82, 2.24) is 14.8 Å². The van der Waals surface area contributed by atoms with E-state index in [4.69, 9.17) is 0 Å². The third-order valence-corrected chi connectivity index (χ3v) is 1.77. The lowest BCUT2D eigenvalue weighted by Gasteiger charge is -2.13. The molecule has 0 saturated carbocycles. The highest BCUT2D eigenvalue weighted by Gasteiger charge is 2.10. The average Bonchev–Trinajstić information content (AvgIpc) is 2.36. The van der Waals surface area contributed by atoms with Crippen LogP contribution in [0.2, 0.25) is 0 Å². The monoisotopic (exact) mass is 171 g/mol. The van der Waals surface area contributed by atoms with Gasteiger partial charge in [-0.25, -0.2) is 9.89 Å². The Kier molecular flexibility index (Phi) is 2.65. The molecule has 0 radical (unpaired) electrons. The van der Waals surface area contributed by atoms with Crippen molar-refractivity contribution in [3.05, 3.63) is 16.8 Å². The van der Waals surface area contributed by atoms with Crippen molar-refractivity contribution in [2.24, 2.45) is 5.92 Å². The summed E-state index contributed by atoms with van der Waals surface area (Å²) in [5.74, 6) is 0.145. The third-order valence-electron chi connectivity index (χ3n) is 1.77. The lowest BCUT2D eigenvalue weighted by Crippen LogP contribution is -2.27. The van der Waals surface area contributed by atoms with Crippen LogP contribution in [0.3, 0.4) is 0 Å². The summed E-state index contributed by atoms with van der Waals surface area (Å²) in [4.78, 5) is 10.9. The second kappa shape index (κ2) is 3.53. The molecule has 12 heavy (non-hydrogen) atoms. The van der Waals surface area contributed by atoms with Crippen molar-refractivity contribution in [3.63, 3.8) is 0 Å². The highest BCUT2D eigenvalue weighted by molar-refractivity contribution is 4.68. The van der Waals surface area contributed by atoms with Gasteiger partial charge in [0, 0.05) is 0 Å². The summed E-state index contributed by atoms with van der Waals surface area (Å²) in [6.07, 6.45) is 0.883. The number of hydrogen-bond donors (Lipinski definition) is 2. The summed E-state index contributed by atoms with van der Waals surface area (Å²) < 4.78 is 1.35. The maximum Gasteiger partial charge on any atom is 0.343 e. The van der Waals surface area contributed by atoms with Crippen LogP contribution in [0.4, 0.5) is 0 Å². The van der Waals surface area contributed by atoms with Gasteiger partial charge < -0.3 is 5.11 Å². The van der Waals surface area contributed by atoms with Crippen LogP contribution in [-0.2, 0) is 6.54 Å². The van der Waals surface area contributed by atoms with Crippen LogP contribution < -0.4 is 5.69 Å². The molecule has 0 aromatic carbocycles. The Morgan fingerprint density at radius 1 is 1.75 bits per heavy atom. The highest BCUT2D eigenvalue weighted by Crippen LogP contribution is 2.01. The molecule has 0 amide bonds. The minimum atomic E-state index is -0.500. The fourth-order valence-electron chi connectivity index (χ4n) is 0.813. The SMILES string of the molecule is CC(C)C(O)Cn1cn[nH]c1=O. The standard InChI is InChI=1S/C7H13N3O2/c1-5(2)6(11)3-10-4-8-9-7(10)12/h4-6,11H,3H2,1-2H3,(H,9,12). The number of nitrogens with one attached hydrogen (secondary N) is 1. The van der Waals surface area contributed by atoms with Gasteiger partial charge in [-0.15, -0.1) is 0 Å². The molecule has 1 aromatic heterocycles. The van der Waals surface area contributed by atoms with E-state index in [-0.39, 0.29) is 11.6 Å². The van der Waals surface area contributed by atoms with Crippen LogP contribution in [0, 0.1) is 5.92 Å². The molecular formula is C7H13N3O2. The van der Waals surface area contributed by atoms with Crippen LogP contribution in [0.15, 0.2) is 11.1 Å². The number of aromatic amines is 1. The first-order valence-electron chi connectivity index (χ1n) is 3.89. The number of aliphatic hydroxyl groups is 1. The van der Waals surface area contributed by atoms with Crippen molar-refractivity contribution in [1.29, 1.82) is 0 Å². The van der Waals surface area contributed by atoms with Gasteiger partial charge in [0.1, 0.15) is 6.33 Å². The fraction of sp³-hybridized carbons (Fsp3) is 0.714. The van der Waals surface area contributed by atoms with Crippen molar-refractivity contribution in [2.45, 2.75) is 26.5 Å². The first-order chi connectivity index (χ1) is 5.61. The Labute approximate surface area is 70.0 Å². The van der Waals surface area contributed by atoms with Gasteiger partial charge in [0.05, 0.1) is 12.6 Å². The number of nitrogens with zero attached hydrogens (tertiary/aromatic N) is 2. The molecule has 68 valence electrons. The Bertz CT molecular complexity index is 289. The Morgan fingerprint density at radius 3 is 2.83 bits per heavy atom. The molecule has 2 N–H and O–H groups in total. The zero-order valence-electron chi connectivity index (χ0n) is 7.19. The van der Waals surface area contributed by atoms with Crippen LogP contribution in [0.25, 0.3) is 0 Å². The van der Waals surface area contributed by atoms with Crippen LogP contribution in [-0.4, -0.2) is 26.0 Å². The second-order valence-corrected chi connectivity index (χ2v) is 3.13. The van der Waals surface area contributed by atoms with Gasteiger partial charge in [0.15, 0.2) is 0 Å². The molecule has 1 heterocycles.